The molecular weight excluding hydrogens is 288 g/mol. The molecule has 1 aliphatic rings. The molecule has 0 N–H and O–H groups in total. The Hall–Kier alpha value is -2.36. The van der Waals surface area contributed by atoms with E-state index in [1.165, 1.54) is 0 Å². The lowest BCUT2D eigenvalue weighted by Crippen LogP contribution is -2.39. The maximum atomic E-state index is 12.8. The van der Waals surface area contributed by atoms with Crippen LogP contribution in [0.3, 0.4) is 0 Å². The Morgan fingerprint density at radius 3 is 3.00 bits per heavy atom. The van der Waals surface area contributed by atoms with Gasteiger partial charge < -0.3 is 9.64 Å². The van der Waals surface area contributed by atoms with Crippen LogP contribution in [0.15, 0.2) is 48.8 Å². The summed E-state index contributed by atoms with van der Waals surface area (Å²) in [5.74, 6) is 1.01. The number of amides is 1. The largest absolute Gasteiger partial charge is 0.497 e. The van der Waals surface area contributed by atoms with Crippen molar-refractivity contribution in [3.8, 4) is 5.75 Å². The maximum absolute atomic E-state index is 12.8. The SMILES string of the molecule is COc1cccc([C@@H]2CCCCN2C(=O)Cc2cccnc2)c1. The van der Waals surface area contributed by atoms with Crippen molar-refractivity contribution in [2.75, 3.05) is 13.7 Å². The van der Waals surface area contributed by atoms with Gasteiger partial charge in [0.2, 0.25) is 5.91 Å². The second kappa shape index (κ2) is 7.27. The fourth-order valence-electron chi connectivity index (χ4n) is 3.20. The van der Waals surface area contributed by atoms with Crippen molar-refractivity contribution >= 4 is 5.91 Å². The summed E-state index contributed by atoms with van der Waals surface area (Å²) in [7, 11) is 1.67. The molecule has 2 aromatic rings. The Balaban J connectivity index is 1.79. The van der Waals surface area contributed by atoms with E-state index in [2.05, 4.69) is 11.1 Å². The van der Waals surface area contributed by atoms with Crippen molar-refractivity contribution < 1.29 is 9.53 Å². The third kappa shape index (κ3) is 3.70. The summed E-state index contributed by atoms with van der Waals surface area (Å²) >= 11 is 0. The smallest absolute Gasteiger partial charge is 0.227 e. The van der Waals surface area contributed by atoms with Gasteiger partial charge in [-0.1, -0.05) is 18.2 Å². The number of benzene rings is 1. The van der Waals surface area contributed by atoms with E-state index >= 15 is 0 Å². The highest BCUT2D eigenvalue weighted by Gasteiger charge is 2.28. The van der Waals surface area contributed by atoms with E-state index in [9.17, 15) is 4.79 Å². The minimum atomic E-state index is 0.142. The van der Waals surface area contributed by atoms with Gasteiger partial charge in [0.15, 0.2) is 0 Å². The summed E-state index contributed by atoms with van der Waals surface area (Å²) < 4.78 is 5.33. The summed E-state index contributed by atoms with van der Waals surface area (Å²) in [6, 6.07) is 12.0. The van der Waals surface area contributed by atoms with E-state index in [1.807, 2.05) is 35.2 Å². The van der Waals surface area contributed by atoms with Crippen LogP contribution in [0.5, 0.6) is 5.75 Å². The molecule has 0 saturated carbocycles. The number of aromatic nitrogens is 1. The predicted octanol–water partition coefficient (Wildman–Crippen LogP) is 3.39. The second-order valence-electron chi connectivity index (χ2n) is 5.91. The number of likely N-dealkylation sites (tertiary alicyclic amines) is 1. The zero-order valence-electron chi connectivity index (χ0n) is 13.4. The molecule has 4 heteroatoms. The first-order valence-electron chi connectivity index (χ1n) is 8.10. The average molecular weight is 310 g/mol. The summed E-state index contributed by atoms with van der Waals surface area (Å²) in [6.45, 7) is 0.820. The standard InChI is InChI=1S/C19H22N2O2/c1-23-17-8-4-7-16(13-17)18-9-2-3-11-21(18)19(22)12-15-6-5-10-20-14-15/h4-8,10,13-14,18H,2-3,9,11-12H2,1H3/t18-/m0/s1. The third-order valence-electron chi connectivity index (χ3n) is 4.38. The van der Waals surface area contributed by atoms with Gasteiger partial charge in [-0.25, -0.2) is 0 Å². The molecule has 4 nitrogen and oxygen atoms in total. The van der Waals surface area contributed by atoms with Gasteiger partial charge in [-0.2, -0.15) is 0 Å². The number of piperidine rings is 1. The number of rotatable bonds is 4. The summed E-state index contributed by atoms with van der Waals surface area (Å²) in [6.07, 6.45) is 7.13. The Morgan fingerprint density at radius 2 is 2.22 bits per heavy atom. The number of hydrogen-bond donors (Lipinski definition) is 0. The maximum Gasteiger partial charge on any atom is 0.227 e. The molecule has 1 fully saturated rings. The number of nitrogens with zero attached hydrogens (tertiary/aromatic N) is 2. The summed E-state index contributed by atoms with van der Waals surface area (Å²) in [4.78, 5) is 18.9. The number of pyridine rings is 1. The second-order valence-corrected chi connectivity index (χ2v) is 5.91. The lowest BCUT2D eigenvalue weighted by molar-refractivity contribution is -0.134. The first-order valence-corrected chi connectivity index (χ1v) is 8.10. The predicted molar refractivity (Wildman–Crippen MR) is 89.2 cm³/mol. The van der Waals surface area contributed by atoms with Crippen LogP contribution in [-0.4, -0.2) is 29.4 Å². The fourth-order valence-corrected chi connectivity index (χ4v) is 3.20. The molecular formula is C19H22N2O2. The van der Waals surface area contributed by atoms with Crippen LogP contribution < -0.4 is 4.74 Å². The molecule has 1 aromatic carbocycles. The first-order chi connectivity index (χ1) is 11.3. The van der Waals surface area contributed by atoms with E-state index in [4.69, 9.17) is 4.74 Å². The van der Waals surface area contributed by atoms with Gasteiger partial charge in [-0.05, 0) is 48.6 Å². The van der Waals surface area contributed by atoms with Crippen LogP contribution >= 0.6 is 0 Å². The van der Waals surface area contributed by atoms with Crippen LogP contribution in [0.4, 0.5) is 0 Å². The molecule has 2 heterocycles. The molecule has 0 aliphatic carbocycles. The van der Waals surface area contributed by atoms with E-state index in [0.29, 0.717) is 6.42 Å². The van der Waals surface area contributed by atoms with Crippen LogP contribution in [0.1, 0.15) is 36.4 Å². The van der Waals surface area contributed by atoms with Crippen LogP contribution in [-0.2, 0) is 11.2 Å². The van der Waals surface area contributed by atoms with Crippen molar-refractivity contribution in [1.29, 1.82) is 0 Å². The molecule has 0 radical (unpaired) electrons. The van der Waals surface area contributed by atoms with Gasteiger partial charge in [0.25, 0.3) is 0 Å². The highest BCUT2D eigenvalue weighted by Crippen LogP contribution is 2.32. The molecule has 1 saturated heterocycles. The van der Waals surface area contributed by atoms with Gasteiger partial charge in [-0.15, -0.1) is 0 Å². The van der Waals surface area contributed by atoms with Crippen LogP contribution in [0.2, 0.25) is 0 Å². The zero-order chi connectivity index (χ0) is 16.1. The molecule has 0 spiro atoms. The molecule has 0 bridgehead atoms. The van der Waals surface area contributed by atoms with E-state index in [0.717, 1.165) is 42.7 Å². The first kappa shape index (κ1) is 15.5. The molecule has 0 unspecified atom stereocenters. The Labute approximate surface area is 137 Å². The molecule has 3 rings (SSSR count). The molecule has 1 atom stereocenters. The highest BCUT2D eigenvalue weighted by molar-refractivity contribution is 5.79. The number of ether oxygens (including phenoxy) is 1. The fraction of sp³-hybridized carbons (Fsp3) is 0.368. The number of hydrogen-bond acceptors (Lipinski definition) is 3. The van der Waals surface area contributed by atoms with Crippen molar-refractivity contribution in [3.63, 3.8) is 0 Å². The normalized spacial score (nSPS) is 17.8. The molecule has 1 amide bonds. The van der Waals surface area contributed by atoms with Crippen molar-refractivity contribution in [3.05, 3.63) is 59.9 Å². The van der Waals surface area contributed by atoms with Crippen LogP contribution in [0.25, 0.3) is 0 Å². The topological polar surface area (TPSA) is 42.4 Å². The Bertz CT molecular complexity index is 657. The summed E-state index contributed by atoms with van der Waals surface area (Å²) in [5, 5.41) is 0. The Kier molecular flexibility index (Phi) is 4.91. The van der Waals surface area contributed by atoms with Gasteiger partial charge in [0.05, 0.1) is 19.6 Å². The molecule has 120 valence electrons. The van der Waals surface area contributed by atoms with Gasteiger partial charge in [-0.3, -0.25) is 9.78 Å². The quantitative estimate of drug-likeness (QED) is 0.869. The average Bonchev–Trinajstić information content (AvgIpc) is 2.62. The van der Waals surface area contributed by atoms with E-state index < -0.39 is 0 Å². The highest BCUT2D eigenvalue weighted by atomic mass is 16.5. The lowest BCUT2D eigenvalue weighted by Gasteiger charge is -2.36. The zero-order valence-corrected chi connectivity index (χ0v) is 13.4. The minimum absolute atomic E-state index is 0.142. The number of methoxy groups -OCH3 is 1. The monoisotopic (exact) mass is 310 g/mol. The Morgan fingerprint density at radius 1 is 1.30 bits per heavy atom. The van der Waals surface area contributed by atoms with Crippen molar-refractivity contribution in [1.82, 2.24) is 9.88 Å². The van der Waals surface area contributed by atoms with Crippen LogP contribution in [0, 0.1) is 0 Å². The van der Waals surface area contributed by atoms with E-state index in [1.54, 1.807) is 19.5 Å². The lowest BCUT2D eigenvalue weighted by atomic mass is 9.94. The van der Waals surface area contributed by atoms with Crippen molar-refractivity contribution in [2.24, 2.45) is 0 Å². The summed E-state index contributed by atoms with van der Waals surface area (Å²) in [5.41, 5.74) is 2.12. The molecule has 1 aromatic heterocycles. The van der Waals surface area contributed by atoms with Gasteiger partial charge >= 0.3 is 0 Å². The molecule has 1 aliphatic heterocycles. The number of carbonyl (C=O) groups is 1. The third-order valence-corrected chi connectivity index (χ3v) is 4.38. The number of carbonyl (C=O) groups excluding carboxylic acids is 1. The minimum Gasteiger partial charge on any atom is -0.497 e. The van der Waals surface area contributed by atoms with E-state index in [-0.39, 0.29) is 11.9 Å². The van der Waals surface area contributed by atoms with Gasteiger partial charge in [0.1, 0.15) is 5.75 Å². The molecule has 23 heavy (non-hydrogen) atoms. The van der Waals surface area contributed by atoms with Crippen molar-refractivity contribution in [2.45, 2.75) is 31.7 Å². The van der Waals surface area contributed by atoms with Gasteiger partial charge in [0, 0.05) is 18.9 Å².